The first-order valence-electron chi connectivity index (χ1n) is 9.71. The van der Waals surface area contributed by atoms with Gasteiger partial charge < -0.3 is 14.8 Å². The first-order chi connectivity index (χ1) is 13.9. The van der Waals surface area contributed by atoms with Crippen LogP contribution in [-0.2, 0) is 5.72 Å². The van der Waals surface area contributed by atoms with Crippen molar-refractivity contribution in [3.8, 4) is 17.3 Å². The third-order valence-corrected chi connectivity index (χ3v) is 5.96. The molecule has 0 bridgehead atoms. The lowest BCUT2D eigenvalue weighted by Crippen LogP contribution is -2.38. The topological polar surface area (TPSA) is 48.3 Å². The summed E-state index contributed by atoms with van der Waals surface area (Å²) in [5, 5.41) is 8.39. The van der Waals surface area contributed by atoms with E-state index in [1.54, 1.807) is 0 Å². The predicted octanol–water partition coefficient (Wildman–Crippen LogP) is 6.02. The van der Waals surface area contributed by atoms with Gasteiger partial charge in [0.2, 0.25) is 11.6 Å². The maximum atomic E-state index is 6.56. The van der Waals surface area contributed by atoms with Gasteiger partial charge in [-0.05, 0) is 65.5 Å². The van der Waals surface area contributed by atoms with Crippen LogP contribution in [-0.4, -0.2) is 9.78 Å². The minimum atomic E-state index is -0.852. The summed E-state index contributed by atoms with van der Waals surface area (Å²) < 4.78 is 15.5. The summed E-state index contributed by atoms with van der Waals surface area (Å²) in [6, 6.07) is 14.3. The van der Waals surface area contributed by atoms with Crippen LogP contribution in [0.25, 0.3) is 5.69 Å². The van der Waals surface area contributed by atoms with Crippen molar-refractivity contribution in [2.24, 2.45) is 0 Å². The van der Waals surface area contributed by atoms with Crippen molar-refractivity contribution in [2.75, 3.05) is 5.32 Å². The molecule has 5 rings (SSSR count). The zero-order chi connectivity index (χ0) is 20.3. The van der Waals surface area contributed by atoms with E-state index in [0.29, 0.717) is 11.8 Å². The number of aryl methyl sites for hydroxylation is 1. The highest BCUT2D eigenvalue weighted by atomic mass is 79.9. The van der Waals surface area contributed by atoms with E-state index >= 15 is 0 Å². The quantitative estimate of drug-likeness (QED) is 0.517. The van der Waals surface area contributed by atoms with Gasteiger partial charge in [0.1, 0.15) is 11.3 Å². The summed E-state index contributed by atoms with van der Waals surface area (Å²) in [5.74, 6) is 2.66. The number of para-hydroxylation sites is 1. The van der Waals surface area contributed by atoms with Crippen LogP contribution in [0.1, 0.15) is 43.5 Å². The standard InChI is InChI=1S/C23H22BrN3O2/c1-13(2)16-10-18(24)21-19(11-16)25-23(29-21)12-14(3)28-22-20(23)15(4)26-27(22)17-8-6-5-7-9-17/h5-13,25H,1-4H3/t23-/m0/s1. The molecule has 0 amide bonds. The molecule has 5 nitrogen and oxygen atoms in total. The molecule has 0 radical (unpaired) electrons. The molecule has 29 heavy (non-hydrogen) atoms. The average Bonchev–Trinajstić information content (AvgIpc) is 3.20. The van der Waals surface area contributed by atoms with Gasteiger partial charge >= 0.3 is 0 Å². The summed E-state index contributed by atoms with van der Waals surface area (Å²) in [6.45, 7) is 8.29. The second-order valence-electron chi connectivity index (χ2n) is 7.87. The van der Waals surface area contributed by atoms with Crippen LogP contribution in [0.3, 0.4) is 0 Å². The summed E-state index contributed by atoms with van der Waals surface area (Å²) in [7, 11) is 0. The molecule has 0 saturated heterocycles. The second-order valence-corrected chi connectivity index (χ2v) is 8.72. The van der Waals surface area contributed by atoms with E-state index in [-0.39, 0.29) is 0 Å². The van der Waals surface area contributed by atoms with E-state index < -0.39 is 5.72 Å². The van der Waals surface area contributed by atoms with Gasteiger partial charge in [-0.1, -0.05) is 32.0 Å². The van der Waals surface area contributed by atoms with Crippen molar-refractivity contribution in [1.82, 2.24) is 9.78 Å². The smallest absolute Gasteiger partial charge is 0.237 e. The maximum absolute atomic E-state index is 6.56. The monoisotopic (exact) mass is 451 g/mol. The van der Waals surface area contributed by atoms with Gasteiger partial charge in [-0.25, -0.2) is 4.68 Å². The third kappa shape index (κ3) is 2.77. The number of ether oxygens (including phenoxy) is 2. The Balaban J connectivity index is 1.67. The molecule has 3 heterocycles. The Morgan fingerprint density at radius 1 is 1.14 bits per heavy atom. The highest BCUT2D eigenvalue weighted by molar-refractivity contribution is 9.10. The first kappa shape index (κ1) is 18.3. The number of hydrogen-bond donors (Lipinski definition) is 1. The van der Waals surface area contributed by atoms with Crippen molar-refractivity contribution >= 4 is 21.6 Å². The van der Waals surface area contributed by atoms with Crippen LogP contribution in [0.5, 0.6) is 11.6 Å². The van der Waals surface area contributed by atoms with Crippen LogP contribution >= 0.6 is 15.9 Å². The molecule has 2 aliphatic heterocycles. The third-order valence-electron chi connectivity index (χ3n) is 5.37. The molecule has 0 unspecified atom stereocenters. The van der Waals surface area contributed by atoms with E-state index in [1.165, 1.54) is 5.56 Å². The van der Waals surface area contributed by atoms with Crippen LogP contribution in [0, 0.1) is 6.92 Å². The molecule has 148 valence electrons. The fourth-order valence-electron chi connectivity index (χ4n) is 4.02. The van der Waals surface area contributed by atoms with Crippen molar-refractivity contribution in [1.29, 1.82) is 0 Å². The minimum Gasteiger partial charge on any atom is -0.456 e. The number of nitrogens with one attached hydrogen (secondary N) is 1. The highest BCUT2D eigenvalue weighted by Gasteiger charge is 2.48. The molecule has 3 aromatic rings. The SMILES string of the molecule is CC1=C[C@@]2(Nc3cc(C(C)C)cc(Br)c3O2)c2c(C)nn(-c3ccccc3)c2O1. The predicted molar refractivity (Wildman–Crippen MR) is 117 cm³/mol. The Morgan fingerprint density at radius 3 is 2.62 bits per heavy atom. The number of anilines is 1. The van der Waals surface area contributed by atoms with Crippen molar-refractivity contribution in [3.05, 3.63) is 75.6 Å². The molecule has 6 heteroatoms. The lowest BCUT2D eigenvalue weighted by Gasteiger charge is -2.31. The van der Waals surface area contributed by atoms with E-state index in [1.807, 2.05) is 54.9 Å². The molecule has 2 aliphatic rings. The van der Waals surface area contributed by atoms with Gasteiger partial charge in [0, 0.05) is 6.08 Å². The Kier molecular flexibility index (Phi) is 4.03. The van der Waals surface area contributed by atoms with E-state index in [4.69, 9.17) is 14.6 Å². The fourth-order valence-corrected chi connectivity index (χ4v) is 4.58. The van der Waals surface area contributed by atoms with Gasteiger partial charge in [-0.3, -0.25) is 0 Å². The Bertz CT molecular complexity index is 1150. The average molecular weight is 452 g/mol. The number of aromatic nitrogens is 2. The summed E-state index contributed by atoms with van der Waals surface area (Å²) in [4.78, 5) is 0. The molecule has 0 saturated carbocycles. The Labute approximate surface area is 178 Å². The minimum absolute atomic E-state index is 0.417. The normalized spacial score (nSPS) is 19.3. The van der Waals surface area contributed by atoms with E-state index in [0.717, 1.165) is 38.6 Å². The number of rotatable bonds is 2. The second kappa shape index (κ2) is 6.39. The number of fused-ring (bicyclic) bond motifs is 3. The Morgan fingerprint density at radius 2 is 1.90 bits per heavy atom. The lowest BCUT2D eigenvalue weighted by molar-refractivity contribution is 0.152. The Hall–Kier alpha value is -2.73. The molecule has 1 atom stereocenters. The van der Waals surface area contributed by atoms with Crippen LogP contribution in [0.4, 0.5) is 5.69 Å². The molecule has 1 aromatic heterocycles. The van der Waals surface area contributed by atoms with Gasteiger partial charge in [0.05, 0.1) is 21.5 Å². The molecule has 2 aromatic carbocycles. The molecule has 0 aliphatic carbocycles. The van der Waals surface area contributed by atoms with Crippen LogP contribution in [0.15, 0.2) is 58.8 Å². The molecular formula is C23H22BrN3O2. The van der Waals surface area contributed by atoms with Crippen molar-refractivity contribution < 1.29 is 9.47 Å². The van der Waals surface area contributed by atoms with Gasteiger partial charge in [-0.2, -0.15) is 5.10 Å². The molecule has 1 spiro atoms. The van der Waals surface area contributed by atoms with E-state index in [9.17, 15) is 0 Å². The first-order valence-corrected chi connectivity index (χ1v) is 10.5. The number of nitrogens with zero attached hydrogens (tertiary/aromatic N) is 2. The number of benzene rings is 2. The van der Waals surface area contributed by atoms with Gasteiger partial charge in [0.15, 0.2) is 5.75 Å². The number of halogens is 1. The number of allylic oxidation sites excluding steroid dienone is 1. The zero-order valence-electron chi connectivity index (χ0n) is 16.8. The largest absolute Gasteiger partial charge is 0.456 e. The zero-order valence-corrected chi connectivity index (χ0v) is 18.4. The van der Waals surface area contributed by atoms with Crippen LogP contribution < -0.4 is 14.8 Å². The summed E-state index contributed by atoms with van der Waals surface area (Å²) in [5.41, 5.74) is 4.05. The van der Waals surface area contributed by atoms with Gasteiger partial charge in [-0.15, -0.1) is 0 Å². The molecule has 0 fully saturated rings. The fraction of sp³-hybridized carbons (Fsp3) is 0.261. The van der Waals surface area contributed by atoms with E-state index in [2.05, 4.69) is 47.2 Å². The highest BCUT2D eigenvalue weighted by Crippen LogP contribution is 2.52. The molecule has 1 N–H and O–H groups in total. The van der Waals surface area contributed by atoms with Crippen molar-refractivity contribution in [2.45, 2.75) is 39.3 Å². The lowest BCUT2D eigenvalue weighted by atomic mass is 10.00. The van der Waals surface area contributed by atoms with Crippen molar-refractivity contribution in [3.63, 3.8) is 0 Å². The molecular weight excluding hydrogens is 430 g/mol. The maximum Gasteiger partial charge on any atom is 0.237 e. The van der Waals surface area contributed by atoms with Crippen LogP contribution in [0.2, 0.25) is 0 Å². The summed E-state index contributed by atoms with van der Waals surface area (Å²) in [6.07, 6.45) is 1.99. The number of hydrogen-bond acceptors (Lipinski definition) is 4. The summed E-state index contributed by atoms with van der Waals surface area (Å²) >= 11 is 3.69. The van der Waals surface area contributed by atoms with Gasteiger partial charge in [0.25, 0.3) is 0 Å².